The van der Waals surface area contributed by atoms with Gasteiger partial charge in [-0.2, -0.15) is 5.26 Å². The number of hydrogen-bond acceptors (Lipinski definition) is 3. The number of terminal acetylenes is 1. The third-order valence-electron chi connectivity index (χ3n) is 2.51. The lowest BCUT2D eigenvalue weighted by atomic mass is 10.1. The van der Waals surface area contributed by atoms with Crippen LogP contribution in [-0.2, 0) is 0 Å². The average molecular weight is 227 g/mol. The zero-order valence-corrected chi connectivity index (χ0v) is 10.6. The van der Waals surface area contributed by atoms with Crippen molar-refractivity contribution in [1.82, 2.24) is 4.98 Å². The molecule has 0 radical (unpaired) electrons. The summed E-state index contributed by atoms with van der Waals surface area (Å²) >= 11 is 0. The normalized spacial score (nSPS) is 9.47. The molecular formula is C14H17N3. The van der Waals surface area contributed by atoms with Crippen molar-refractivity contribution >= 4 is 5.82 Å². The van der Waals surface area contributed by atoms with Crippen LogP contribution in [0.5, 0.6) is 0 Å². The second kappa shape index (κ2) is 5.92. The van der Waals surface area contributed by atoms with Gasteiger partial charge in [0.15, 0.2) is 0 Å². The molecule has 0 saturated heterocycles. The second-order valence-electron chi connectivity index (χ2n) is 4.02. The Bertz CT molecular complexity index is 477. The molecule has 1 aromatic rings. The SMILES string of the molecule is C#CCN(CCC)c1nc(C)cc(C)c1C#N. The standard InChI is InChI=1S/C14H17N3/c1-5-7-17(8-6-2)14-13(10-15)11(3)9-12(4)16-14/h1,9H,6-8H2,2-4H3. The lowest BCUT2D eigenvalue weighted by Gasteiger charge is -2.22. The Balaban J connectivity index is 3.27. The molecule has 1 aromatic heterocycles. The maximum atomic E-state index is 9.21. The summed E-state index contributed by atoms with van der Waals surface area (Å²) in [7, 11) is 0. The number of hydrogen-bond donors (Lipinski definition) is 0. The molecule has 0 bridgehead atoms. The van der Waals surface area contributed by atoms with E-state index in [1.54, 1.807) is 0 Å². The molecule has 0 fully saturated rings. The fourth-order valence-electron chi connectivity index (χ4n) is 1.82. The van der Waals surface area contributed by atoms with Crippen LogP contribution in [0.3, 0.4) is 0 Å². The molecule has 17 heavy (non-hydrogen) atoms. The van der Waals surface area contributed by atoms with Gasteiger partial charge < -0.3 is 4.90 Å². The molecule has 0 aliphatic rings. The van der Waals surface area contributed by atoms with Gasteiger partial charge in [0.05, 0.1) is 12.1 Å². The van der Waals surface area contributed by atoms with Crippen LogP contribution in [0.4, 0.5) is 5.82 Å². The van der Waals surface area contributed by atoms with E-state index in [1.807, 2.05) is 24.8 Å². The van der Waals surface area contributed by atoms with E-state index in [4.69, 9.17) is 6.42 Å². The van der Waals surface area contributed by atoms with Crippen LogP contribution >= 0.6 is 0 Å². The molecule has 0 amide bonds. The van der Waals surface area contributed by atoms with Crippen LogP contribution in [-0.4, -0.2) is 18.1 Å². The lowest BCUT2D eigenvalue weighted by Crippen LogP contribution is -2.26. The number of pyridine rings is 1. The number of aryl methyl sites for hydroxylation is 2. The van der Waals surface area contributed by atoms with Crippen LogP contribution in [0.25, 0.3) is 0 Å². The molecule has 0 N–H and O–H groups in total. The lowest BCUT2D eigenvalue weighted by molar-refractivity contribution is 0.804. The minimum atomic E-state index is 0.485. The minimum Gasteiger partial charge on any atom is -0.344 e. The predicted molar refractivity (Wildman–Crippen MR) is 69.8 cm³/mol. The molecule has 3 nitrogen and oxygen atoms in total. The molecule has 0 saturated carbocycles. The Morgan fingerprint density at radius 1 is 1.47 bits per heavy atom. The van der Waals surface area contributed by atoms with Crippen LogP contribution in [0.2, 0.25) is 0 Å². The predicted octanol–water partition coefficient (Wildman–Crippen LogP) is 2.42. The van der Waals surface area contributed by atoms with Crippen molar-refractivity contribution in [2.75, 3.05) is 18.0 Å². The summed E-state index contributed by atoms with van der Waals surface area (Å²) < 4.78 is 0. The fourth-order valence-corrected chi connectivity index (χ4v) is 1.82. The first-order valence-corrected chi connectivity index (χ1v) is 5.70. The fraction of sp³-hybridized carbons (Fsp3) is 0.429. The number of nitrogens with zero attached hydrogens (tertiary/aromatic N) is 3. The van der Waals surface area contributed by atoms with Gasteiger partial charge in [0, 0.05) is 12.2 Å². The molecule has 0 aliphatic heterocycles. The van der Waals surface area contributed by atoms with E-state index in [-0.39, 0.29) is 0 Å². The first kappa shape index (κ1) is 13.1. The molecule has 0 aromatic carbocycles. The van der Waals surface area contributed by atoms with Crippen molar-refractivity contribution in [3.63, 3.8) is 0 Å². The molecule has 3 heteroatoms. The van der Waals surface area contributed by atoms with Crippen LogP contribution in [0.1, 0.15) is 30.2 Å². The average Bonchev–Trinajstić information content (AvgIpc) is 2.28. The van der Waals surface area contributed by atoms with Gasteiger partial charge in [0.1, 0.15) is 11.9 Å². The Morgan fingerprint density at radius 2 is 2.18 bits per heavy atom. The first-order chi connectivity index (χ1) is 8.13. The summed E-state index contributed by atoms with van der Waals surface area (Å²) in [5.41, 5.74) is 2.49. The van der Waals surface area contributed by atoms with Crippen molar-refractivity contribution in [1.29, 1.82) is 5.26 Å². The highest BCUT2D eigenvalue weighted by atomic mass is 15.2. The number of anilines is 1. The van der Waals surface area contributed by atoms with E-state index in [1.165, 1.54) is 0 Å². The molecular weight excluding hydrogens is 210 g/mol. The molecule has 0 spiro atoms. The third kappa shape index (κ3) is 2.98. The Hall–Kier alpha value is -2.00. The second-order valence-corrected chi connectivity index (χ2v) is 4.02. The summed E-state index contributed by atoms with van der Waals surface area (Å²) in [6.45, 7) is 7.24. The van der Waals surface area contributed by atoms with Crippen molar-refractivity contribution in [3.8, 4) is 18.4 Å². The Morgan fingerprint density at radius 3 is 2.71 bits per heavy atom. The van der Waals surface area contributed by atoms with Gasteiger partial charge in [0.25, 0.3) is 0 Å². The van der Waals surface area contributed by atoms with E-state index in [0.717, 1.165) is 24.2 Å². The van der Waals surface area contributed by atoms with Gasteiger partial charge in [-0.1, -0.05) is 12.8 Å². The summed E-state index contributed by atoms with van der Waals surface area (Å²) in [5, 5.41) is 9.21. The maximum Gasteiger partial charge on any atom is 0.147 e. The third-order valence-corrected chi connectivity index (χ3v) is 2.51. The Kier molecular flexibility index (Phi) is 4.55. The zero-order chi connectivity index (χ0) is 12.8. The minimum absolute atomic E-state index is 0.485. The summed E-state index contributed by atoms with van der Waals surface area (Å²) in [6, 6.07) is 4.13. The number of aromatic nitrogens is 1. The van der Waals surface area contributed by atoms with Gasteiger partial charge in [-0.25, -0.2) is 4.98 Å². The highest BCUT2D eigenvalue weighted by molar-refractivity contribution is 5.58. The van der Waals surface area contributed by atoms with Gasteiger partial charge in [-0.3, -0.25) is 0 Å². The van der Waals surface area contributed by atoms with Crippen molar-refractivity contribution < 1.29 is 0 Å². The Labute approximate surface area is 103 Å². The largest absolute Gasteiger partial charge is 0.344 e. The highest BCUT2D eigenvalue weighted by Gasteiger charge is 2.14. The summed E-state index contributed by atoms with van der Waals surface area (Å²) in [5.74, 6) is 3.33. The molecule has 88 valence electrons. The van der Waals surface area contributed by atoms with E-state index in [9.17, 15) is 5.26 Å². The van der Waals surface area contributed by atoms with Crippen molar-refractivity contribution in [2.45, 2.75) is 27.2 Å². The van der Waals surface area contributed by atoms with Gasteiger partial charge in [0.2, 0.25) is 0 Å². The van der Waals surface area contributed by atoms with Crippen LogP contribution < -0.4 is 4.90 Å². The zero-order valence-electron chi connectivity index (χ0n) is 10.6. The number of nitriles is 1. The molecule has 1 heterocycles. The maximum absolute atomic E-state index is 9.21. The van der Waals surface area contributed by atoms with Crippen molar-refractivity contribution in [2.24, 2.45) is 0 Å². The van der Waals surface area contributed by atoms with Gasteiger partial charge in [-0.05, 0) is 31.9 Å². The van der Waals surface area contributed by atoms with Crippen LogP contribution in [0.15, 0.2) is 6.07 Å². The quantitative estimate of drug-likeness (QED) is 0.742. The summed E-state index contributed by atoms with van der Waals surface area (Å²) in [4.78, 5) is 6.43. The molecule has 1 rings (SSSR count). The first-order valence-electron chi connectivity index (χ1n) is 5.70. The smallest absolute Gasteiger partial charge is 0.147 e. The molecule has 0 atom stereocenters. The van der Waals surface area contributed by atoms with E-state index < -0.39 is 0 Å². The number of rotatable bonds is 4. The van der Waals surface area contributed by atoms with Crippen molar-refractivity contribution in [3.05, 3.63) is 22.9 Å². The van der Waals surface area contributed by atoms with E-state index in [0.29, 0.717) is 17.9 Å². The monoisotopic (exact) mass is 227 g/mol. The highest BCUT2D eigenvalue weighted by Crippen LogP contribution is 2.21. The summed E-state index contributed by atoms with van der Waals surface area (Å²) in [6.07, 6.45) is 6.34. The van der Waals surface area contributed by atoms with E-state index in [2.05, 4.69) is 23.9 Å². The topological polar surface area (TPSA) is 39.9 Å². The van der Waals surface area contributed by atoms with Gasteiger partial charge in [-0.15, -0.1) is 6.42 Å². The molecule has 0 aliphatic carbocycles. The van der Waals surface area contributed by atoms with Gasteiger partial charge >= 0.3 is 0 Å². The molecule has 0 unspecified atom stereocenters. The van der Waals surface area contributed by atoms with Crippen LogP contribution in [0, 0.1) is 37.5 Å². The van der Waals surface area contributed by atoms with E-state index >= 15 is 0 Å².